The summed E-state index contributed by atoms with van der Waals surface area (Å²) in [6.07, 6.45) is 2.09. The molecule has 144 valence electrons. The van der Waals surface area contributed by atoms with Crippen molar-refractivity contribution in [1.82, 2.24) is 4.90 Å². The van der Waals surface area contributed by atoms with Crippen molar-refractivity contribution in [3.63, 3.8) is 0 Å². The van der Waals surface area contributed by atoms with E-state index in [0.717, 1.165) is 38.5 Å². The molecule has 0 saturated carbocycles. The van der Waals surface area contributed by atoms with Crippen LogP contribution in [0.4, 0.5) is 20.2 Å². The highest BCUT2D eigenvalue weighted by Gasteiger charge is 2.30. The van der Waals surface area contributed by atoms with E-state index in [-0.39, 0.29) is 17.9 Å². The van der Waals surface area contributed by atoms with Crippen molar-refractivity contribution >= 4 is 11.4 Å². The number of anilines is 1. The summed E-state index contributed by atoms with van der Waals surface area (Å²) in [6.45, 7) is 7.97. The number of ether oxygens (including phenoxy) is 1. The van der Waals surface area contributed by atoms with Gasteiger partial charge in [0, 0.05) is 38.8 Å². The Morgan fingerprint density at radius 3 is 2.38 bits per heavy atom. The Labute approximate surface area is 151 Å². The highest BCUT2D eigenvalue weighted by molar-refractivity contribution is 5.64. The van der Waals surface area contributed by atoms with Gasteiger partial charge in [0.05, 0.1) is 23.2 Å². The van der Waals surface area contributed by atoms with Gasteiger partial charge in [-0.1, -0.05) is 0 Å². The number of nitrogens with zero attached hydrogens (tertiary/aromatic N) is 3. The lowest BCUT2D eigenvalue weighted by atomic mass is 9.95. The first-order valence-electron chi connectivity index (χ1n) is 9.09. The third-order valence-electron chi connectivity index (χ3n) is 5.15. The molecule has 3 rings (SSSR count). The van der Waals surface area contributed by atoms with Gasteiger partial charge in [0.25, 0.3) is 5.69 Å². The predicted molar refractivity (Wildman–Crippen MR) is 94.4 cm³/mol. The SMILES string of the molecule is C[C@@H]1CN(CC2CCN(c3c(F)cc(F)cc3[N+](=O)[O-])CC2)C[C@H](C)O1. The molecule has 1 aromatic carbocycles. The number of nitro benzene ring substituents is 1. The van der Waals surface area contributed by atoms with Crippen LogP contribution in [0, 0.1) is 27.7 Å². The van der Waals surface area contributed by atoms with Gasteiger partial charge in [0.1, 0.15) is 5.82 Å². The molecule has 2 atom stereocenters. The maximum Gasteiger partial charge on any atom is 0.298 e. The van der Waals surface area contributed by atoms with Gasteiger partial charge >= 0.3 is 0 Å². The highest BCUT2D eigenvalue weighted by atomic mass is 19.1. The van der Waals surface area contributed by atoms with E-state index in [9.17, 15) is 18.9 Å². The maximum absolute atomic E-state index is 14.2. The number of hydrogen-bond donors (Lipinski definition) is 0. The van der Waals surface area contributed by atoms with E-state index in [2.05, 4.69) is 18.7 Å². The molecule has 8 heteroatoms. The fourth-order valence-corrected chi connectivity index (χ4v) is 4.14. The van der Waals surface area contributed by atoms with Crippen molar-refractivity contribution in [3.05, 3.63) is 33.9 Å². The molecule has 2 saturated heterocycles. The standard InChI is InChI=1S/C18H25F2N3O3/c1-12-9-21(10-13(2)26-12)11-14-3-5-22(6-4-14)18-16(20)7-15(19)8-17(18)23(24)25/h7-8,12-14H,3-6,9-11H2,1-2H3/t12-,13+. The lowest BCUT2D eigenvalue weighted by Crippen LogP contribution is -2.48. The first-order valence-corrected chi connectivity index (χ1v) is 9.09. The fourth-order valence-electron chi connectivity index (χ4n) is 4.14. The maximum atomic E-state index is 14.2. The van der Waals surface area contributed by atoms with Crippen LogP contribution in [-0.4, -0.2) is 54.8 Å². The molecule has 0 amide bonds. The number of benzene rings is 1. The van der Waals surface area contributed by atoms with Crippen LogP contribution in [0.3, 0.4) is 0 Å². The summed E-state index contributed by atoms with van der Waals surface area (Å²) in [7, 11) is 0. The zero-order chi connectivity index (χ0) is 18.8. The van der Waals surface area contributed by atoms with Crippen LogP contribution in [-0.2, 0) is 4.74 Å². The minimum absolute atomic E-state index is 0.0940. The summed E-state index contributed by atoms with van der Waals surface area (Å²) in [5, 5.41) is 11.2. The van der Waals surface area contributed by atoms with Crippen molar-refractivity contribution in [2.24, 2.45) is 5.92 Å². The normalized spacial score (nSPS) is 25.5. The number of morpholine rings is 1. The molecule has 0 radical (unpaired) electrons. The van der Waals surface area contributed by atoms with Crippen molar-refractivity contribution in [2.75, 3.05) is 37.6 Å². The zero-order valence-corrected chi connectivity index (χ0v) is 15.2. The largest absolute Gasteiger partial charge is 0.373 e. The van der Waals surface area contributed by atoms with Crippen molar-refractivity contribution in [1.29, 1.82) is 0 Å². The van der Waals surface area contributed by atoms with E-state index < -0.39 is 22.2 Å². The molecule has 2 aliphatic rings. The Morgan fingerprint density at radius 2 is 1.81 bits per heavy atom. The number of piperidine rings is 1. The minimum atomic E-state index is -0.927. The van der Waals surface area contributed by atoms with Gasteiger partial charge < -0.3 is 9.64 Å². The van der Waals surface area contributed by atoms with E-state index in [4.69, 9.17) is 4.74 Å². The quantitative estimate of drug-likeness (QED) is 0.603. The molecule has 0 aliphatic carbocycles. The molecule has 2 fully saturated rings. The van der Waals surface area contributed by atoms with Crippen LogP contribution in [0.25, 0.3) is 0 Å². The molecule has 26 heavy (non-hydrogen) atoms. The number of hydrogen-bond acceptors (Lipinski definition) is 5. The molecule has 0 aromatic heterocycles. The lowest BCUT2D eigenvalue weighted by Gasteiger charge is -2.39. The predicted octanol–water partition coefficient (Wildman–Crippen LogP) is 3.20. The number of nitro groups is 1. The Bertz CT molecular complexity index is 655. The molecule has 0 N–H and O–H groups in total. The average Bonchev–Trinajstić information content (AvgIpc) is 2.54. The third kappa shape index (κ3) is 4.29. The van der Waals surface area contributed by atoms with Gasteiger partial charge in [-0.2, -0.15) is 0 Å². The second-order valence-corrected chi connectivity index (χ2v) is 7.42. The summed E-state index contributed by atoms with van der Waals surface area (Å²) in [6, 6.07) is 1.51. The monoisotopic (exact) mass is 369 g/mol. The topological polar surface area (TPSA) is 58.9 Å². The second kappa shape index (κ2) is 7.84. The van der Waals surface area contributed by atoms with Crippen molar-refractivity contribution in [3.8, 4) is 0 Å². The van der Waals surface area contributed by atoms with Gasteiger partial charge in [-0.15, -0.1) is 0 Å². The molecular formula is C18H25F2N3O3. The molecule has 2 aliphatic heterocycles. The van der Waals surface area contributed by atoms with E-state index >= 15 is 0 Å². The summed E-state index contributed by atoms with van der Waals surface area (Å²) in [5.41, 5.74) is -0.597. The van der Waals surface area contributed by atoms with Crippen LogP contribution < -0.4 is 4.90 Å². The first kappa shape index (κ1) is 19.0. The van der Waals surface area contributed by atoms with Gasteiger partial charge in [-0.3, -0.25) is 15.0 Å². The lowest BCUT2D eigenvalue weighted by molar-refractivity contribution is -0.384. The van der Waals surface area contributed by atoms with Gasteiger partial charge in [0.15, 0.2) is 11.5 Å². The van der Waals surface area contributed by atoms with Crippen LogP contribution in [0.5, 0.6) is 0 Å². The van der Waals surface area contributed by atoms with E-state index in [1.54, 1.807) is 4.90 Å². The summed E-state index contributed by atoms with van der Waals surface area (Å²) in [5.74, 6) is -1.33. The molecule has 0 bridgehead atoms. The van der Waals surface area contributed by atoms with Crippen LogP contribution in [0.15, 0.2) is 12.1 Å². The van der Waals surface area contributed by atoms with E-state index in [1.807, 2.05) is 0 Å². The number of halogens is 2. The van der Waals surface area contributed by atoms with Gasteiger partial charge in [-0.25, -0.2) is 8.78 Å². The molecule has 6 nitrogen and oxygen atoms in total. The molecular weight excluding hydrogens is 344 g/mol. The Kier molecular flexibility index (Phi) is 5.72. The first-order chi connectivity index (χ1) is 12.3. The Hall–Kier alpha value is -1.80. The third-order valence-corrected chi connectivity index (χ3v) is 5.15. The van der Waals surface area contributed by atoms with Crippen LogP contribution in [0.2, 0.25) is 0 Å². The summed E-state index contributed by atoms with van der Waals surface area (Å²) < 4.78 is 33.3. The van der Waals surface area contributed by atoms with Crippen LogP contribution in [0.1, 0.15) is 26.7 Å². The second-order valence-electron chi connectivity index (χ2n) is 7.42. The Morgan fingerprint density at radius 1 is 1.19 bits per heavy atom. The number of rotatable bonds is 4. The van der Waals surface area contributed by atoms with Gasteiger partial charge in [0.2, 0.25) is 0 Å². The van der Waals surface area contributed by atoms with E-state index in [0.29, 0.717) is 25.1 Å². The van der Waals surface area contributed by atoms with Crippen molar-refractivity contribution < 1.29 is 18.4 Å². The summed E-state index contributed by atoms with van der Waals surface area (Å²) in [4.78, 5) is 14.5. The zero-order valence-electron chi connectivity index (χ0n) is 15.2. The van der Waals surface area contributed by atoms with Crippen LogP contribution >= 0.6 is 0 Å². The fraction of sp³-hybridized carbons (Fsp3) is 0.667. The Balaban J connectivity index is 1.63. The average molecular weight is 369 g/mol. The molecule has 1 aromatic rings. The molecule has 0 unspecified atom stereocenters. The van der Waals surface area contributed by atoms with Gasteiger partial charge in [-0.05, 0) is 32.6 Å². The van der Waals surface area contributed by atoms with Crippen molar-refractivity contribution in [2.45, 2.75) is 38.9 Å². The molecule has 2 heterocycles. The highest BCUT2D eigenvalue weighted by Crippen LogP contribution is 2.35. The summed E-state index contributed by atoms with van der Waals surface area (Å²) >= 11 is 0. The minimum Gasteiger partial charge on any atom is -0.373 e. The van der Waals surface area contributed by atoms with E-state index in [1.165, 1.54) is 0 Å². The smallest absolute Gasteiger partial charge is 0.298 e. The molecule has 0 spiro atoms.